The molecular weight excluding hydrogens is 240 g/mol. The molecule has 0 aliphatic heterocycles. The van der Waals surface area contributed by atoms with E-state index in [0.29, 0.717) is 19.3 Å². The van der Waals surface area contributed by atoms with Crippen molar-refractivity contribution >= 4 is 5.97 Å². The molecule has 2 unspecified atom stereocenters. The Hall–Kier alpha value is -0.830. The van der Waals surface area contributed by atoms with Gasteiger partial charge >= 0.3 is 5.97 Å². The maximum absolute atomic E-state index is 10.9. The van der Waals surface area contributed by atoms with Crippen molar-refractivity contribution in [2.75, 3.05) is 13.2 Å². The van der Waals surface area contributed by atoms with E-state index in [4.69, 9.17) is 9.47 Å². The van der Waals surface area contributed by atoms with Gasteiger partial charge < -0.3 is 9.47 Å². The summed E-state index contributed by atoms with van der Waals surface area (Å²) in [6.45, 7) is 6.45. The van der Waals surface area contributed by atoms with Gasteiger partial charge in [0, 0.05) is 6.08 Å². The van der Waals surface area contributed by atoms with E-state index >= 15 is 0 Å². The van der Waals surface area contributed by atoms with E-state index in [1.807, 2.05) is 0 Å². The minimum absolute atomic E-state index is 0.335. The first-order valence-electron chi connectivity index (χ1n) is 7.67. The number of carbonyl (C=O) groups excluding carboxylic acids is 1. The first-order valence-corrected chi connectivity index (χ1v) is 7.67. The molecule has 0 radical (unpaired) electrons. The van der Waals surface area contributed by atoms with E-state index in [0.717, 1.165) is 12.3 Å². The van der Waals surface area contributed by atoms with Crippen LogP contribution in [0, 0.1) is 5.92 Å². The van der Waals surface area contributed by atoms with Crippen LogP contribution in [0.25, 0.3) is 0 Å². The predicted molar refractivity (Wildman–Crippen MR) is 77.0 cm³/mol. The molecule has 3 heteroatoms. The second-order valence-corrected chi connectivity index (χ2v) is 5.39. The van der Waals surface area contributed by atoms with Crippen LogP contribution in [0.2, 0.25) is 0 Å². The quantitative estimate of drug-likeness (QED) is 0.362. The van der Waals surface area contributed by atoms with Crippen LogP contribution >= 0.6 is 0 Å². The van der Waals surface area contributed by atoms with Crippen molar-refractivity contribution in [3.05, 3.63) is 12.7 Å². The van der Waals surface area contributed by atoms with Gasteiger partial charge in [-0.3, -0.25) is 0 Å². The Morgan fingerprint density at radius 3 is 2.89 bits per heavy atom. The van der Waals surface area contributed by atoms with Gasteiger partial charge in [0.05, 0.1) is 12.7 Å². The van der Waals surface area contributed by atoms with Gasteiger partial charge in [0.25, 0.3) is 0 Å². The highest BCUT2D eigenvalue weighted by Gasteiger charge is 2.21. The summed E-state index contributed by atoms with van der Waals surface area (Å²) in [5, 5.41) is 0. The normalized spacial score (nSPS) is 23.0. The average molecular weight is 268 g/mol. The number of rotatable bonds is 9. The smallest absolute Gasteiger partial charge is 0.330 e. The Morgan fingerprint density at radius 2 is 2.16 bits per heavy atom. The molecule has 0 aromatic rings. The summed E-state index contributed by atoms with van der Waals surface area (Å²) >= 11 is 0. The molecular formula is C16H28O3. The van der Waals surface area contributed by atoms with Crippen LogP contribution in [-0.4, -0.2) is 25.3 Å². The number of unbranched alkanes of at least 4 members (excludes halogenated alkanes) is 2. The lowest BCUT2D eigenvalue weighted by Crippen LogP contribution is -2.24. The third-order valence-electron chi connectivity index (χ3n) is 3.80. The highest BCUT2D eigenvalue weighted by atomic mass is 16.6. The molecule has 0 saturated heterocycles. The molecule has 1 saturated carbocycles. The van der Waals surface area contributed by atoms with Gasteiger partial charge in [-0.15, -0.1) is 0 Å². The highest BCUT2D eigenvalue weighted by Crippen LogP contribution is 2.30. The van der Waals surface area contributed by atoms with Crippen LogP contribution < -0.4 is 0 Å². The summed E-state index contributed by atoms with van der Waals surface area (Å²) in [4.78, 5) is 10.9. The highest BCUT2D eigenvalue weighted by molar-refractivity contribution is 5.81. The summed E-state index contributed by atoms with van der Waals surface area (Å²) in [6.07, 6.45) is 11.8. The maximum atomic E-state index is 10.9. The lowest BCUT2D eigenvalue weighted by molar-refractivity contribution is -0.140. The van der Waals surface area contributed by atoms with E-state index in [-0.39, 0.29) is 5.97 Å². The van der Waals surface area contributed by atoms with Crippen LogP contribution in [0.4, 0.5) is 0 Å². The van der Waals surface area contributed by atoms with Crippen molar-refractivity contribution in [1.82, 2.24) is 0 Å². The number of hydrogen-bond donors (Lipinski definition) is 0. The third-order valence-corrected chi connectivity index (χ3v) is 3.80. The van der Waals surface area contributed by atoms with Gasteiger partial charge in [-0.1, -0.05) is 52.0 Å². The fourth-order valence-electron chi connectivity index (χ4n) is 2.75. The molecule has 0 N–H and O–H groups in total. The lowest BCUT2D eigenvalue weighted by atomic mass is 9.84. The van der Waals surface area contributed by atoms with E-state index < -0.39 is 0 Å². The molecule has 0 spiro atoms. The molecule has 110 valence electrons. The number of esters is 1. The zero-order chi connectivity index (χ0) is 13.9. The summed E-state index contributed by atoms with van der Waals surface area (Å²) in [7, 11) is 0. The van der Waals surface area contributed by atoms with Crippen molar-refractivity contribution in [3.8, 4) is 0 Å². The zero-order valence-electron chi connectivity index (χ0n) is 12.2. The Bertz CT molecular complexity index is 263. The molecule has 0 aromatic heterocycles. The first-order chi connectivity index (χ1) is 9.26. The molecule has 1 fully saturated rings. The monoisotopic (exact) mass is 268 g/mol. The minimum Gasteiger partial charge on any atom is -0.460 e. The van der Waals surface area contributed by atoms with E-state index in [2.05, 4.69) is 13.5 Å². The van der Waals surface area contributed by atoms with Crippen LogP contribution in [0.1, 0.15) is 58.3 Å². The minimum atomic E-state index is -0.371. The van der Waals surface area contributed by atoms with Gasteiger partial charge in [-0.2, -0.15) is 0 Å². The molecule has 0 aromatic carbocycles. The van der Waals surface area contributed by atoms with Crippen LogP contribution in [0.5, 0.6) is 0 Å². The Balaban J connectivity index is 2.09. The summed E-state index contributed by atoms with van der Waals surface area (Å²) in [5.41, 5.74) is 0. The summed E-state index contributed by atoms with van der Waals surface area (Å²) < 4.78 is 10.7. The van der Waals surface area contributed by atoms with Crippen molar-refractivity contribution in [1.29, 1.82) is 0 Å². The summed E-state index contributed by atoms with van der Waals surface area (Å²) in [6, 6.07) is 0. The molecule has 0 amide bonds. The molecule has 3 nitrogen and oxygen atoms in total. The second kappa shape index (κ2) is 10.0. The summed E-state index contributed by atoms with van der Waals surface area (Å²) in [5.74, 6) is 0.464. The SMILES string of the molecule is C=CC(=O)OCCOC1CCCC(CCCCC)C1. The number of hydrogen-bond acceptors (Lipinski definition) is 3. The van der Waals surface area contributed by atoms with E-state index in [1.165, 1.54) is 51.0 Å². The van der Waals surface area contributed by atoms with Crippen molar-refractivity contribution in [2.45, 2.75) is 64.4 Å². The maximum Gasteiger partial charge on any atom is 0.330 e. The fraction of sp³-hybridized carbons (Fsp3) is 0.812. The van der Waals surface area contributed by atoms with Gasteiger partial charge in [-0.25, -0.2) is 4.79 Å². The average Bonchev–Trinajstić information content (AvgIpc) is 2.44. The molecule has 0 heterocycles. The molecule has 1 aliphatic carbocycles. The number of carbonyl (C=O) groups is 1. The van der Waals surface area contributed by atoms with Gasteiger partial charge in [-0.05, 0) is 18.8 Å². The standard InChI is InChI=1S/C16H28O3/c1-3-5-6-8-14-9-7-10-15(13-14)18-11-12-19-16(17)4-2/h4,14-15H,2-3,5-13H2,1H3. The Kier molecular flexibility index (Phi) is 8.55. The first kappa shape index (κ1) is 16.2. The van der Waals surface area contributed by atoms with Crippen LogP contribution in [0.3, 0.4) is 0 Å². The lowest BCUT2D eigenvalue weighted by Gasteiger charge is -2.29. The molecule has 19 heavy (non-hydrogen) atoms. The van der Waals surface area contributed by atoms with Crippen molar-refractivity contribution in [3.63, 3.8) is 0 Å². The van der Waals surface area contributed by atoms with Crippen LogP contribution in [0.15, 0.2) is 12.7 Å². The van der Waals surface area contributed by atoms with E-state index in [9.17, 15) is 4.79 Å². The predicted octanol–water partition coefficient (Wildman–Crippen LogP) is 3.87. The van der Waals surface area contributed by atoms with E-state index in [1.54, 1.807) is 0 Å². The number of ether oxygens (including phenoxy) is 2. The van der Waals surface area contributed by atoms with Gasteiger partial charge in [0.1, 0.15) is 6.61 Å². The van der Waals surface area contributed by atoms with Gasteiger partial charge in [0.2, 0.25) is 0 Å². The molecule has 1 rings (SSSR count). The van der Waals surface area contributed by atoms with Crippen LogP contribution in [-0.2, 0) is 14.3 Å². The fourth-order valence-corrected chi connectivity index (χ4v) is 2.75. The van der Waals surface area contributed by atoms with Gasteiger partial charge in [0.15, 0.2) is 0 Å². The molecule has 2 atom stereocenters. The second-order valence-electron chi connectivity index (χ2n) is 5.39. The Morgan fingerprint density at radius 1 is 1.32 bits per heavy atom. The topological polar surface area (TPSA) is 35.5 Å². The van der Waals surface area contributed by atoms with Crippen molar-refractivity contribution in [2.24, 2.45) is 5.92 Å². The Labute approximate surface area is 117 Å². The largest absolute Gasteiger partial charge is 0.460 e. The zero-order valence-corrected chi connectivity index (χ0v) is 12.2. The van der Waals surface area contributed by atoms with Crippen molar-refractivity contribution < 1.29 is 14.3 Å². The molecule has 0 bridgehead atoms. The third kappa shape index (κ3) is 7.36. The molecule has 1 aliphatic rings.